The van der Waals surface area contributed by atoms with Crippen LogP contribution in [0.1, 0.15) is 21.6 Å². The molecule has 0 spiro atoms. The monoisotopic (exact) mass is 472 g/mol. The number of alkyl halides is 3. The maximum atomic E-state index is 12.7. The Bertz CT molecular complexity index is 1130. The van der Waals surface area contributed by atoms with Gasteiger partial charge in [-0.25, -0.2) is 9.48 Å². The lowest BCUT2D eigenvalue weighted by atomic mass is 10.2. The van der Waals surface area contributed by atoms with E-state index in [9.17, 15) is 18.0 Å². The largest absolute Gasteiger partial charge is 0.471 e. The van der Waals surface area contributed by atoms with E-state index >= 15 is 0 Å². The summed E-state index contributed by atoms with van der Waals surface area (Å²) in [7, 11) is 0. The van der Waals surface area contributed by atoms with Crippen molar-refractivity contribution in [1.29, 1.82) is 0 Å². The van der Waals surface area contributed by atoms with Gasteiger partial charge in [-0.15, -0.1) is 0 Å². The van der Waals surface area contributed by atoms with Crippen molar-refractivity contribution in [2.24, 2.45) is 10.9 Å². The Hall–Kier alpha value is -3.24. The third-order valence-corrected chi connectivity index (χ3v) is 4.36. The van der Waals surface area contributed by atoms with Gasteiger partial charge < -0.3 is 15.3 Å². The van der Waals surface area contributed by atoms with Crippen molar-refractivity contribution in [1.82, 2.24) is 9.78 Å². The van der Waals surface area contributed by atoms with Crippen molar-refractivity contribution in [2.75, 3.05) is 0 Å². The van der Waals surface area contributed by atoms with E-state index in [1.54, 1.807) is 6.07 Å². The fourth-order valence-electron chi connectivity index (χ4n) is 2.33. The van der Waals surface area contributed by atoms with Crippen LogP contribution in [0.25, 0.3) is 0 Å². The summed E-state index contributed by atoms with van der Waals surface area (Å²) in [6.07, 6.45) is -3.10. The van der Waals surface area contributed by atoms with Gasteiger partial charge in [0, 0.05) is 16.8 Å². The molecule has 0 aliphatic carbocycles. The standard InChI is InChI=1S/C19H13Cl2F3N4O3/c20-12-4-5-14(15(21)9-12)17(25)27-31-18(29)16-6-7-28(26-16)10-30-13-3-1-2-11(8-13)19(22,23)24/h1-9H,10H2,(H2,25,27). The number of amidine groups is 1. The average Bonchev–Trinajstić information content (AvgIpc) is 3.19. The number of carbonyl (C=O) groups excluding carboxylic acids is 1. The summed E-state index contributed by atoms with van der Waals surface area (Å²) in [5.41, 5.74) is 5.11. The van der Waals surface area contributed by atoms with Crippen LogP contribution in [-0.2, 0) is 17.7 Å². The molecule has 1 aromatic heterocycles. The first kappa shape index (κ1) is 22.4. The molecule has 0 aliphatic rings. The van der Waals surface area contributed by atoms with Gasteiger partial charge in [-0.2, -0.15) is 18.3 Å². The molecule has 0 saturated heterocycles. The fraction of sp³-hybridized carbons (Fsp3) is 0.105. The van der Waals surface area contributed by atoms with Gasteiger partial charge in [0.2, 0.25) is 0 Å². The summed E-state index contributed by atoms with van der Waals surface area (Å²) < 4.78 is 44.7. The van der Waals surface area contributed by atoms with Crippen molar-refractivity contribution in [2.45, 2.75) is 12.9 Å². The minimum Gasteiger partial charge on any atom is -0.471 e. The molecule has 3 aromatic rings. The molecule has 0 fully saturated rings. The highest BCUT2D eigenvalue weighted by Gasteiger charge is 2.30. The van der Waals surface area contributed by atoms with Gasteiger partial charge in [0.15, 0.2) is 18.3 Å². The Morgan fingerprint density at radius 3 is 2.65 bits per heavy atom. The number of hydrogen-bond acceptors (Lipinski definition) is 5. The predicted octanol–water partition coefficient (Wildman–Crippen LogP) is 4.72. The van der Waals surface area contributed by atoms with E-state index in [1.807, 2.05) is 0 Å². The van der Waals surface area contributed by atoms with Crippen LogP contribution in [0.2, 0.25) is 10.0 Å². The molecule has 0 unspecified atom stereocenters. The van der Waals surface area contributed by atoms with Crippen molar-refractivity contribution >= 4 is 35.0 Å². The number of ether oxygens (including phenoxy) is 1. The highest BCUT2D eigenvalue weighted by Crippen LogP contribution is 2.31. The molecule has 0 atom stereocenters. The number of benzene rings is 2. The van der Waals surface area contributed by atoms with Gasteiger partial charge in [-0.05, 0) is 42.5 Å². The summed E-state index contributed by atoms with van der Waals surface area (Å²) in [6.45, 7) is -0.236. The molecule has 0 bridgehead atoms. The second-order valence-corrected chi connectivity index (χ2v) is 6.86. The molecule has 0 saturated carbocycles. The topological polar surface area (TPSA) is 91.7 Å². The van der Waals surface area contributed by atoms with E-state index in [2.05, 4.69) is 10.3 Å². The molecule has 0 radical (unpaired) electrons. The highest BCUT2D eigenvalue weighted by molar-refractivity contribution is 6.36. The minimum absolute atomic E-state index is 0.00771. The van der Waals surface area contributed by atoms with E-state index in [1.165, 1.54) is 41.2 Å². The van der Waals surface area contributed by atoms with Crippen LogP contribution in [0.4, 0.5) is 13.2 Å². The minimum atomic E-state index is -4.49. The summed E-state index contributed by atoms with van der Waals surface area (Å²) in [6, 6.07) is 10.2. The third-order valence-electron chi connectivity index (χ3n) is 3.81. The Kier molecular flexibility index (Phi) is 6.71. The number of oxime groups is 1. The highest BCUT2D eigenvalue weighted by atomic mass is 35.5. The molecule has 3 rings (SSSR count). The predicted molar refractivity (Wildman–Crippen MR) is 107 cm³/mol. The molecular weight excluding hydrogens is 460 g/mol. The summed E-state index contributed by atoms with van der Waals surface area (Å²) in [5, 5.41) is 8.07. The molecule has 162 valence electrons. The van der Waals surface area contributed by atoms with Crippen molar-refractivity contribution in [3.05, 3.63) is 81.6 Å². The zero-order valence-electron chi connectivity index (χ0n) is 15.4. The molecule has 1 heterocycles. The van der Waals surface area contributed by atoms with Crippen LogP contribution in [0.3, 0.4) is 0 Å². The maximum Gasteiger partial charge on any atom is 0.416 e. The fourth-order valence-corrected chi connectivity index (χ4v) is 2.83. The number of hydrogen-bond donors (Lipinski definition) is 1. The Labute approximate surface area is 183 Å². The third kappa shape index (κ3) is 5.89. The molecule has 12 heteroatoms. The van der Waals surface area contributed by atoms with Crippen LogP contribution in [0, 0.1) is 0 Å². The second-order valence-electron chi connectivity index (χ2n) is 6.02. The first-order valence-electron chi connectivity index (χ1n) is 8.47. The maximum absolute atomic E-state index is 12.7. The number of nitrogens with zero attached hydrogens (tertiary/aromatic N) is 3. The van der Waals surface area contributed by atoms with Gasteiger partial charge in [0.1, 0.15) is 5.75 Å². The quantitative estimate of drug-likeness (QED) is 0.242. The number of nitrogens with two attached hydrogens (primary N) is 1. The first-order valence-corrected chi connectivity index (χ1v) is 9.23. The Balaban J connectivity index is 1.61. The van der Waals surface area contributed by atoms with Crippen molar-refractivity contribution < 1.29 is 27.5 Å². The molecule has 2 N–H and O–H groups in total. The van der Waals surface area contributed by atoms with Gasteiger partial charge in [0.25, 0.3) is 0 Å². The van der Waals surface area contributed by atoms with Crippen LogP contribution in [0.5, 0.6) is 5.75 Å². The smallest absolute Gasteiger partial charge is 0.416 e. The zero-order valence-corrected chi connectivity index (χ0v) is 16.9. The normalized spacial score (nSPS) is 12.0. The molecule has 31 heavy (non-hydrogen) atoms. The van der Waals surface area contributed by atoms with Crippen LogP contribution in [0.15, 0.2) is 59.9 Å². The summed E-state index contributed by atoms with van der Waals surface area (Å²) in [5.74, 6) is -1.07. The Morgan fingerprint density at radius 2 is 1.94 bits per heavy atom. The van der Waals surface area contributed by atoms with Crippen molar-refractivity contribution in [3.63, 3.8) is 0 Å². The van der Waals surface area contributed by atoms with Crippen molar-refractivity contribution in [3.8, 4) is 5.75 Å². The number of rotatable bonds is 6. The second kappa shape index (κ2) is 9.27. The van der Waals surface area contributed by atoms with Gasteiger partial charge >= 0.3 is 12.1 Å². The summed E-state index contributed by atoms with van der Waals surface area (Å²) in [4.78, 5) is 16.8. The average molecular weight is 473 g/mol. The molecule has 0 amide bonds. The van der Waals surface area contributed by atoms with Crippen LogP contribution < -0.4 is 10.5 Å². The van der Waals surface area contributed by atoms with E-state index in [-0.39, 0.29) is 29.0 Å². The van der Waals surface area contributed by atoms with Gasteiger partial charge in [0.05, 0.1) is 10.6 Å². The zero-order chi connectivity index (χ0) is 22.6. The Morgan fingerprint density at radius 1 is 1.16 bits per heavy atom. The molecule has 2 aromatic carbocycles. The SMILES string of the molecule is N/C(=N\OC(=O)c1ccn(COc2cccc(C(F)(F)F)c2)n1)c1ccc(Cl)cc1Cl. The molecule has 7 nitrogen and oxygen atoms in total. The first-order chi connectivity index (χ1) is 14.6. The van der Waals surface area contributed by atoms with Crippen LogP contribution in [-0.4, -0.2) is 21.6 Å². The summed E-state index contributed by atoms with van der Waals surface area (Å²) >= 11 is 11.8. The lowest BCUT2D eigenvalue weighted by molar-refractivity contribution is -0.137. The number of halogens is 5. The number of aromatic nitrogens is 2. The number of carbonyl (C=O) groups is 1. The van der Waals surface area contributed by atoms with Gasteiger partial charge in [-0.3, -0.25) is 0 Å². The van der Waals surface area contributed by atoms with E-state index < -0.39 is 17.7 Å². The van der Waals surface area contributed by atoms with E-state index in [0.717, 1.165) is 12.1 Å². The lowest BCUT2D eigenvalue weighted by Gasteiger charge is -2.10. The van der Waals surface area contributed by atoms with Crippen LogP contribution >= 0.6 is 23.2 Å². The molecule has 0 aliphatic heterocycles. The van der Waals surface area contributed by atoms with E-state index in [0.29, 0.717) is 10.6 Å². The van der Waals surface area contributed by atoms with Gasteiger partial charge in [-0.1, -0.05) is 34.4 Å². The molecular formula is C19H13Cl2F3N4O3. The lowest BCUT2D eigenvalue weighted by Crippen LogP contribution is -2.16. The van der Waals surface area contributed by atoms with E-state index in [4.69, 9.17) is 38.5 Å².